The maximum Gasteiger partial charge on any atom is 0.435 e. The van der Waals surface area contributed by atoms with Gasteiger partial charge in [0.15, 0.2) is 11.5 Å². The Bertz CT molecular complexity index is 1630. The molecule has 3 amide bonds. The summed E-state index contributed by atoms with van der Waals surface area (Å²) in [4.78, 5) is 47.1. The van der Waals surface area contributed by atoms with Crippen LogP contribution in [0, 0.1) is 17.2 Å². The van der Waals surface area contributed by atoms with Gasteiger partial charge in [-0.3, -0.25) is 19.1 Å². The Hall–Kier alpha value is -4.71. The van der Waals surface area contributed by atoms with Gasteiger partial charge in [-0.2, -0.15) is 23.5 Å². The van der Waals surface area contributed by atoms with Crippen LogP contribution in [0.15, 0.2) is 30.6 Å². The number of carbonyl (C=O) groups is 3. The molecule has 0 atom stereocenters. The van der Waals surface area contributed by atoms with E-state index in [2.05, 4.69) is 20.7 Å². The minimum atomic E-state index is -4.78. The molecule has 2 N–H and O–H groups in total. The minimum Gasteiger partial charge on any atom is -0.339 e. The number of hydrogen-bond acceptors (Lipinski definition) is 7. The van der Waals surface area contributed by atoms with E-state index in [-0.39, 0.29) is 41.4 Å². The van der Waals surface area contributed by atoms with E-state index in [1.54, 1.807) is 29.2 Å². The maximum absolute atomic E-state index is 13.7. The van der Waals surface area contributed by atoms with Gasteiger partial charge in [0.05, 0.1) is 23.5 Å². The molecular formula is C30H34F3N9O3. The monoisotopic (exact) mass is 625 g/mol. The SMILES string of the molecule is CCc1cc(NC(=O)c2ncc(-c3cn(CC#N)nc3C(F)(F)F)n2C)ccc1C(=O)N1CCN(C(=O)C2CCNCC2)CC1. The van der Waals surface area contributed by atoms with Crippen LogP contribution >= 0.6 is 0 Å². The van der Waals surface area contributed by atoms with E-state index in [1.165, 1.54) is 11.6 Å². The van der Waals surface area contributed by atoms with Crippen LogP contribution in [0.3, 0.4) is 0 Å². The molecule has 2 fully saturated rings. The molecule has 0 spiro atoms. The first kappa shape index (κ1) is 31.7. The average Bonchev–Trinajstić information content (AvgIpc) is 3.64. The number of hydrogen-bond donors (Lipinski definition) is 2. The van der Waals surface area contributed by atoms with Crippen LogP contribution < -0.4 is 10.6 Å². The maximum atomic E-state index is 13.7. The van der Waals surface area contributed by atoms with Crippen LogP contribution in [-0.2, 0) is 31.0 Å². The Morgan fingerprint density at radius 1 is 1.11 bits per heavy atom. The standard InChI is InChI=1S/C30H34F3N9O3/c1-3-19-16-21(4-5-22(19)29(45)41-14-12-40(13-15-41)28(44)20-6-9-35-10-7-20)37-27(43)26-36-17-24(39(26)2)23-18-42(11-8-34)38-25(23)30(31,32)33/h4-5,16-18,20,35H,3,6-7,9-15H2,1-2H3,(H,37,43). The van der Waals surface area contributed by atoms with Crippen LogP contribution in [0.2, 0.25) is 0 Å². The number of alkyl halides is 3. The molecule has 2 aliphatic rings. The number of amides is 3. The van der Waals surface area contributed by atoms with E-state index >= 15 is 0 Å². The number of nitrogens with one attached hydrogen (secondary N) is 2. The summed E-state index contributed by atoms with van der Waals surface area (Å²) in [6.45, 7) is 5.04. The molecule has 0 unspecified atom stereocenters. The number of rotatable bonds is 7. The summed E-state index contributed by atoms with van der Waals surface area (Å²) in [5.74, 6) is -0.748. The van der Waals surface area contributed by atoms with Crippen LogP contribution in [-0.4, -0.2) is 86.1 Å². The lowest BCUT2D eigenvalue weighted by atomic mass is 9.96. The van der Waals surface area contributed by atoms with E-state index < -0.39 is 17.8 Å². The number of anilines is 1. The molecule has 1 aromatic carbocycles. The number of halogens is 3. The van der Waals surface area contributed by atoms with Crippen molar-refractivity contribution in [3.63, 3.8) is 0 Å². The Morgan fingerprint density at radius 2 is 1.80 bits per heavy atom. The molecule has 238 valence electrons. The molecule has 15 heteroatoms. The normalized spacial score (nSPS) is 16.0. The number of imidazole rings is 1. The van der Waals surface area contributed by atoms with Crippen molar-refractivity contribution >= 4 is 23.4 Å². The Labute approximate surface area is 257 Å². The predicted octanol–water partition coefficient (Wildman–Crippen LogP) is 2.92. The number of nitrogens with zero attached hydrogens (tertiary/aromatic N) is 7. The van der Waals surface area contributed by atoms with Crippen molar-refractivity contribution in [2.45, 2.75) is 38.9 Å². The highest BCUT2D eigenvalue weighted by Gasteiger charge is 2.38. The number of carbonyl (C=O) groups excluding carboxylic acids is 3. The molecule has 5 rings (SSSR count). The van der Waals surface area contributed by atoms with Gasteiger partial charge in [0, 0.05) is 56.6 Å². The number of benzene rings is 1. The van der Waals surface area contributed by atoms with Crippen molar-refractivity contribution in [1.29, 1.82) is 5.26 Å². The van der Waals surface area contributed by atoms with Crippen LogP contribution in [0.5, 0.6) is 0 Å². The van der Waals surface area contributed by atoms with E-state index in [9.17, 15) is 27.6 Å². The average molecular weight is 626 g/mol. The first-order valence-corrected chi connectivity index (χ1v) is 14.8. The number of piperazine rings is 1. The minimum absolute atomic E-state index is 0.00408. The summed E-state index contributed by atoms with van der Waals surface area (Å²) in [5, 5.41) is 18.4. The molecule has 45 heavy (non-hydrogen) atoms. The van der Waals surface area contributed by atoms with Crippen molar-refractivity contribution in [2.75, 3.05) is 44.6 Å². The van der Waals surface area contributed by atoms with E-state index in [0.717, 1.165) is 43.0 Å². The largest absolute Gasteiger partial charge is 0.435 e. The topological polar surface area (TPSA) is 141 Å². The first-order chi connectivity index (χ1) is 21.5. The van der Waals surface area contributed by atoms with Crippen molar-refractivity contribution in [1.82, 2.24) is 34.4 Å². The highest BCUT2D eigenvalue weighted by molar-refractivity contribution is 6.03. The Balaban J connectivity index is 1.26. The van der Waals surface area contributed by atoms with Gasteiger partial charge in [-0.25, -0.2) is 4.98 Å². The molecule has 0 saturated carbocycles. The quantitative estimate of drug-likeness (QED) is 0.411. The van der Waals surface area contributed by atoms with Crippen molar-refractivity contribution < 1.29 is 27.6 Å². The third-order valence-corrected chi connectivity index (χ3v) is 8.27. The van der Waals surface area contributed by atoms with Gasteiger partial charge < -0.3 is 25.0 Å². The molecule has 3 aromatic rings. The second-order valence-corrected chi connectivity index (χ2v) is 11.1. The highest BCUT2D eigenvalue weighted by atomic mass is 19.4. The number of nitriles is 1. The zero-order chi connectivity index (χ0) is 32.3. The van der Waals surface area contributed by atoms with Gasteiger partial charge in [0.2, 0.25) is 5.91 Å². The van der Waals surface area contributed by atoms with Crippen molar-refractivity contribution in [2.24, 2.45) is 13.0 Å². The fourth-order valence-electron chi connectivity index (χ4n) is 5.83. The number of aryl methyl sites for hydroxylation is 1. The molecule has 2 saturated heterocycles. The zero-order valence-electron chi connectivity index (χ0n) is 25.0. The zero-order valence-corrected chi connectivity index (χ0v) is 25.0. The summed E-state index contributed by atoms with van der Waals surface area (Å²) < 4.78 is 43.1. The molecule has 0 aliphatic carbocycles. The van der Waals surface area contributed by atoms with E-state index in [1.807, 2.05) is 11.8 Å². The second kappa shape index (κ2) is 13.1. The molecular weight excluding hydrogens is 591 g/mol. The first-order valence-electron chi connectivity index (χ1n) is 14.8. The molecule has 12 nitrogen and oxygen atoms in total. The van der Waals surface area contributed by atoms with Gasteiger partial charge in [0.25, 0.3) is 11.8 Å². The Kier molecular flexibility index (Phi) is 9.24. The van der Waals surface area contributed by atoms with Gasteiger partial charge in [0.1, 0.15) is 6.54 Å². The summed E-state index contributed by atoms with van der Waals surface area (Å²) >= 11 is 0. The van der Waals surface area contributed by atoms with Crippen molar-refractivity contribution in [3.8, 4) is 17.3 Å². The third kappa shape index (κ3) is 6.70. The predicted molar refractivity (Wildman–Crippen MR) is 157 cm³/mol. The van der Waals surface area contributed by atoms with Crippen molar-refractivity contribution in [3.05, 3.63) is 53.2 Å². The smallest absolute Gasteiger partial charge is 0.339 e. The molecule has 0 bridgehead atoms. The number of piperidine rings is 1. The summed E-state index contributed by atoms with van der Waals surface area (Å²) in [5.41, 5.74) is 0.126. The van der Waals surface area contributed by atoms with Gasteiger partial charge >= 0.3 is 6.18 Å². The van der Waals surface area contributed by atoms with Gasteiger partial charge in [-0.05, 0) is 56.1 Å². The molecule has 2 aliphatic heterocycles. The lowest BCUT2D eigenvalue weighted by molar-refractivity contribution is -0.141. The third-order valence-electron chi connectivity index (χ3n) is 8.27. The molecule has 0 radical (unpaired) electrons. The van der Waals surface area contributed by atoms with Crippen LogP contribution in [0.25, 0.3) is 11.3 Å². The van der Waals surface area contributed by atoms with Crippen LogP contribution in [0.4, 0.5) is 18.9 Å². The van der Waals surface area contributed by atoms with E-state index in [4.69, 9.17) is 5.26 Å². The summed E-state index contributed by atoms with van der Waals surface area (Å²) in [6, 6.07) is 6.69. The Morgan fingerprint density at radius 3 is 2.44 bits per heavy atom. The summed E-state index contributed by atoms with van der Waals surface area (Å²) in [7, 11) is 1.41. The lowest BCUT2D eigenvalue weighted by Gasteiger charge is -2.37. The van der Waals surface area contributed by atoms with Gasteiger partial charge in [-0.15, -0.1) is 0 Å². The number of aromatic nitrogens is 4. The van der Waals surface area contributed by atoms with E-state index in [0.29, 0.717) is 49.4 Å². The van der Waals surface area contributed by atoms with Crippen LogP contribution in [0.1, 0.15) is 52.0 Å². The second-order valence-electron chi connectivity index (χ2n) is 11.1. The fourth-order valence-corrected chi connectivity index (χ4v) is 5.83. The van der Waals surface area contributed by atoms with Gasteiger partial charge in [-0.1, -0.05) is 6.92 Å². The molecule has 2 aromatic heterocycles. The lowest BCUT2D eigenvalue weighted by Crippen LogP contribution is -2.52. The summed E-state index contributed by atoms with van der Waals surface area (Å²) in [6.07, 6.45) is -0.363. The fraction of sp³-hybridized carbons (Fsp3) is 0.467. The highest BCUT2D eigenvalue weighted by Crippen LogP contribution is 2.36. The molecule has 4 heterocycles.